The van der Waals surface area contributed by atoms with Gasteiger partial charge in [0.15, 0.2) is 6.61 Å². The summed E-state index contributed by atoms with van der Waals surface area (Å²) in [6.07, 6.45) is 1.57. The number of hydrogen-bond acceptors (Lipinski definition) is 5. The monoisotopic (exact) mass is 292 g/mol. The third-order valence-electron chi connectivity index (χ3n) is 3.44. The van der Waals surface area contributed by atoms with Crippen molar-refractivity contribution in [3.05, 3.63) is 29.3 Å². The van der Waals surface area contributed by atoms with Gasteiger partial charge in [-0.05, 0) is 37.5 Å². The minimum atomic E-state index is -0.552. The van der Waals surface area contributed by atoms with E-state index in [1.165, 1.54) is 0 Å². The van der Waals surface area contributed by atoms with Crippen molar-refractivity contribution < 1.29 is 19.1 Å². The Morgan fingerprint density at radius 2 is 2.10 bits per heavy atom. The van der Waals surface area contributed by atoms with Crippen LogP contribution in [-0.4, -0.2) is 37.7 Å². The second-order valence-electron chi connectivity index (χ2n) is 5.10. The zero-order chi connectivity index (χ0) is 15.2. The third-order valence-corrected chi connectivity index (χ3v) is 3.44. The fraction of sp³-hybridized carbons (Fsp3) is 0.467. The summed E-state index contributed by atoms with van der Waals surface area (Å²) in [4.78, 5) is 23.5. The van der Waals surface area contributed by atoms with Crippen molar-refractivity contribution in [2.24, 2.45) is 0 Å². The Bertz CT molecular complexity index is 524. The zero-order valence-electron chi connectivity index (χ0n) is 12.1. The van der Waals surface area contributed by atoms with Crippen molar-refractivity contribution in [1.29, 1.82) is 0 Å². The van der Waals surface area contributed by atoms with Gasteiger partial charge in [0.05, 0.1) is 5.56 Å². The molecule has 6 heteroatoms. The lowest BCUT2D eigenvalue weighted by Crippen LogP contribution is -2.41. The van der Waals surface area contributed by atoms with Crippen LogP contribution in [0.3, 0.4) is 0 Å². The van der Waals surface area contributed by atoms with Crippen molar-refractivity contribution in [3.63, 3.8) is 0 Å². The molecule has 1 saturated heterocycles. The molecule has 1 aliphatic heterocycles. The molecule has 0 aliphatic carbocycles. The van der Waals surface area contributed by atoms with Crippen LogP contribution in [0.4, 0.5) is 5.69 Å². The number of benzene rings is 1. The highest BCUT2D eigenvalue weighted by molar-refractivity contribution is 5.92. The number of rotatable bonds is 4. The Morgan fingerprint density at radius 3 is 2.76 bits per heavy atom. The number of aryl methyl sites for hydroxylation is 1. The van der Waals surface area contributed by atoms with Crippen LogP contribution in [0, 0.1) is 6.92 Å². The minimum absolute atomic E-state index is 0.0972. The molecule has 0 aromatic heterocycles. The van der Waals surface area contributed by atoms with Crippen molar-refractivity contribution in [3.8, 4) is 0 Å². The molecule has 1 aromatic rings. The summed E-state index contributed by atoms with van der Waals surface area (Å²) in [5, 5.41) is 2.83. The SMILES string of the molecule is Cc1ccc(C(=O)OCC(=O)NC2CCOCC2)cc1N. The number of esters is 1. The number of amides is 1. The van der Waals surface area contributed by atoms with Gasteiger partial charge in [-0.1, -0.05) is 6.07 Å². The van der Waals surface area contributed by atoms with Crippen molar-refractivity contribution >= 4 is 17.6 Å². The molecule has 0 unspecified atom stereocenters. The molecule has 6 nitrogen and oxygen atoms in total. The first-order valence-corrected chi connectivity index (χ1v) is 6.96. The van der Waals surface area contributed by atoms with Crippen LogP contribution in [0.15, 0.2) is 18.2 Å². The Labute approximate surface area is 123 Å². The molecule has 0 bridgehead atoms. The van der Waals surface area contributed by atoms with Gasteiger partial charge in [0.2, 0.25) is 0 Å². The van der Waals surface area contributed by atoms with Gasteiger partial charge >= 0.3 is 5.97 Å². The zero-order valence-corrected chi connectivity index (χ0v) is 12.1. The van der Waals surface area contributed by atoms with E-state index < -0.39 is 5.97 Å². The van der Waals surface area contributed by atoms with E-state index in [9.17, 15) is 9.59 Å². The molecule has 1 heterocycles. The van der Waals surface area contributed by atoms with Crippen LogP contribution < -0.4 is 11.1 Å². The maximum atomic E-state index is 11.8. The Morgan fingerprint density at radius 1 is 1.38 bits per heavy atom. The lowest BCUT2D eigenvalue weighted by Gasteiger charge is -2.22. The number of hydrogen-bond donors (Lipinski definition) is 2. The normalized spacial score (nSPS) is 15.5. The molecule has 2 rings (SSSR count). The lowest BCUT2D eigenvalue weighted by atomic mass is 10.1. The third kappa shape index (κ3) is 4.46. The van der Waals surface area contributed by atoms with Gasteiger partial charge in [-0.3, -0.25) is 4.79 Å². The van der Waals surface area contributed by atoms with Crippen LogP contribution >= 0.6 is 0 Å². The highest BCUT2D eigenvalue weighted by atomic mass is 16.5. The Kier molecular flexibility index (Phi) is 5.16. The molecule has 1 aromatic carbocycles. The highest BCUT2D eigenvalue weighted by Crippen LogP contribution is 2.13. The van der Waals surface area contributed by atoms with Gasteiger partial charge in [0.1, 0.15) is 0 Å². The van der Waals surface area contributed by atoms with E-state index in [0.717, 1.165) is 18.4 Å². The van der Waals surface area contributed by atoms with E-state index >= 15 is 0 Å². The number of carbonyl (C=O) groups is 2. The molecule has 0 radical (unpaired) electrons. The Hall–Kier alpha value is -2.08. The fourth-order valence-electron chi connectivity index (χ4n) is 2.09. The summed E-state index contributed by atoms with van der Waals surface area (Å²) in [5.41, 5.74) is 7.50. The number of nitrogen functional groups attached to an aromatic ring is 1. The van der Waals surface area contributed by atoms with Crippen molar-refractivity contribution in [2.75, 3.05) is 25.6 Å². The van der Waals surface area contributed by atoms with Gasteiger partial charge < -0.3 is 20.5 Å². The molecule has 0 saturated carbocycles. The number of carbonyl (C=O) groups excluding carboxylic acids is 2. The van der Waals surface area contributed by atoms with Gasteiger partial charge in [-0.15, -0.1) is 0 Å². The summed E-state index contributed by atoms with van der Waals surface area (Å²) >= 11 is 0. The molecule has 1 aliphatic rings. The number of nitrogens with one attached hydrogen (secondary N) is 1. The first kappa shape index (κ1) is 15.3. The number of ether oxygens (including phenoxy) is 2. The van der Waals surface area contributed by atoms with Crippen LogP contribution in [0.5, 0.6) is 0 Å². The molecular weight excluding hydrogens is 272 g/mol. The summed E-state index contributed by atoms with van der Waals surface area (Å²) in [5.74, 6) is -0.848. The van der Waals surface area contributed by atoms with E-state index in [-0.39, 0.29) is 18.6 Å². The quantitative estimate of drug-likeness (QED) is 0.639. The van der Waals surface area contributed by atoms with Crippen LogP contribution in [0.2, 0.25) is 0 Å². The molecule has 3 N–H and O–H groups in total. The largest absolute Gasteiger partial charge is 0.452 e. The molecule has 1 amide bonds. The molecular formula is C15H20N2O4. The average Bonchev–Trinajstić information content (AvgIpc) is 2.48. The fourth-order valence-corrected chi connectivity index (χ4v) is 2.09. The molecule has 1 fully saturated rings. The van der Waals surface area contributed by atoms with Gasteiger partial charge in [-0.2, -0.15) is 0 Å². The smallest absolute Gasteiger partial charge is 0.338 e. The standard InChI is InChI=1S/C15H20N2O4/c1-10-2-3-11(8-13(10)16)15(19)21-9-14(18)17-12-4-6-20-7-5-12/h2-3,8,12H,4-7,9,16H2,1H3,(H,17,18). The van der Waals surface area contributed by atoms with Gasteiger partial charge in [-0.25, -0.2) is 4.79 Å². The van der Waals surface area contributed by atoms with Crippen LogP contribution in [0.1, 0.15) is 28.8 Å². The molecule has 114 valence electrons. The first-order valence-electron chi connectivity index (χ1n) is 6.96. The second-order valence-corrected chi connectivity index (χ2v) is 5.10. The van der Waals surface area contributed by atoms with E-state index in [4.69, 9.17) is 15.2 Å². The molecule has 21 heavy (non-hydrogen) atoms. The van der Waals surface area contributed by atoms with E-state index in [0.29, 0.717) is 24.5 Å². The molecule has 0 spiro atoms. The van der Waals surface area contributed by atoms with Crippen LogP contribution in [0.25, 0.3) is 0 Å². The van der Waals surface area contributed by atoms with E-state index in [1.54, 1.807) is 18.2 Å². The number of nitrogens with two attached hydrogens (primary N) is 1. The second kappa shape index (κ2) is 7.08. The van der Waals surface area contributed by atoms with E-state index in [2.05, 4.69) is 5.32 Å². The van der Waals surface area contributed by atoms with Crippen molar-refractivity contribution in [1.82, 2.24) is 5.32 Å². The summed E-state index contributed by atoms with van der Waals surface area (Å²) in [6.45, 7) is 2.86. The van der Waals surface area contributed by atoms with Crippen molar-refractivity contribution in [2.45, 2.75) is 25.8 Å². The average molecular weight is 292 g/mol. The molecule has 0 atom stereocenters. The van der Waals surface area contributed by atoms with E-state index in [1.807, 2.05) is 6.92 Å². The lowest BCUT2D eigenvalue weighted by molar-refractivity contribution is -0.125. The predicted molar refractivity (Wildman–Crippen MR) is 77.9 cm³/mol. The Balaban J connectivity index is 1.80. The first-order chi connectivity index (χ1) is 10.1. The summed E-state index contributed by atoms with van der Waals surface area (Å²) < 4.78 is 10.2. The van der Waals surface area contributed by atoms with Crippen LogP contribution in [-0.2, 0) is 14.3 Å². The highest BCUT2D eigenvalue weighted by Gasteiger charge is 2.17. The minimum Gasteiger partial charge on any atom is -0.452 e. The summed E-state index contributed by atoms with van der Waals surface area (Å²) in [6, 6.07) is 5.02. The van der Waals surface area contributed by atoms with Gasteiger partial charge in [0.25, 0.3) is 5.91 Å². The summed E-state index contributed by atoms with van der Waals surface area (Å²) in [7, 11) is 0. The number of anilines is 1. The maximum Gasteiger partial charge on any atom is 0.338 e. The van der Waals surface area contributed by atoms with Gasteiger partial charge in [0, 0.05) is 24.9 Å². The predicted octanol–water partition coefficient (Wildman–Crippen LogP) is 1.03. The maximum absolute atomic E-state index is 11.8. The topological polar surface area (TPSA) is 90.7 Å².